The number of furan rings is 1. The molecule has 1 aromatic carbocycles. The smallest absolute Gasteiger partial charge is 0.314 e. The number of benzene rings is 1. The molecule has 1 heterocycles. The lowest BCUT2D eigenvalue weighted by molar-refractivity contribution is -0.143. The second-order valence-electron chi connectivity index (χ2n) is 4.49. The summed E-state index contributed by atoms with van der Waals surface area (Å²) < 4.78 is 5.23. The van der Waals surface area contributed by atoms with Crippen molar-refractivity contribution in [1.29, 1.82) is 0 Å². The fourth-order valence-electron chi connectivity index (χ4n) is 2.06. The van der Waals surface area contributed by atoms with Gasteiger partial charge in [-0.25, -0.2) is 0 Å². The van der Waals surface area contributed by atoms with Crippen LogP contribution in [0, 0.1) is 0 Å². The van der Waals surface area contributed by atoms with E-state index in [2.05, 4.69) is 0 Å². The van der Waals surface area contributed by atoms with Gasteiger partial charge in [-0.05, 0) is 31.2 Å². The van der Waals surface area contributed by atoms with Crippen LogP contribution in [0.3, 0.4) is 0 Å². The molecular formula is C14H12Cl2O3. The van der Waals surface area contributed by atoms with E-state index in [1.807, 2.05) is 0 Å². The van der Waals surface area contributed by atoms with Gasteiger partial charge in [-0.1, -0.05) is 29.3 Å². The predicted octanol–water partition coefficient (Wildman–Crippen LogP) is 4.17. The summed E-state index contributed by atoms with van der Waals surface area (Å²) in [5, 5.41) is 10.2. The van der Waals surface area contributed by atoms with E-state index in [1.54, 1.807) is 37.3 Å². The number of aliphatic carboxylic acids is 1. The predicted molar refractivity (Wildman–Crippen MR) is 73.9 cm³/mol. The molecule has 0 saturated carbocycles. The maximum atomic E-state index is 11.7. The van der Waals surface area contributed by atoms with Crippen molar-refractivity contribution in [3.63, 3.8) is 0 Å². The van der Waals surface area contributed by atoms with Gasteiger partial charge in [-0.2, -0.15) is 0 Å². The molecule has 0 aliphatic heterocycles. The highest BCUT2D eigenvalue weighted by Crippen LogP contribution is 2.38. The minimum Gasteiger partial charge on any atom is -0.481 e. The van der Waals surface area contributed by atoms with Crippen molar-refractivity contribution in [2.24, 2.45) is 0 Å². The number of carboxylic acid groups (broad SMARTS) is 1. The molecule has 1 unspecified atom stereocenters. The van der Waals surface area contributed by atoms with Crippen molar-refractivity contribution in [2.45, 2.75) is 18.8 Å². The van der Waals surface area contributed by atoms with Gasteiger partial charge in [0.25, 0.3) is 0 Å². The standard InChI is InChI=1S/C14H12Cl2O3/c1-14(13(17)18,8-9-4-3-7-19-9)12-10(15)5-2-6-11(12)16/h2-7H,8H2,1H3,(H,17,18). The molecule has 0 fully saturated rings. The summed E-state index contributed by atoms with van der Waals surface area (Å²) in [7, 11) is 0. The Bertz CT molecular complexity index is 572. The molecule has 2 rings (SSSR count). The third-order valence-corrected chi connectivity index (χ3v) is 3.72. The summed E-state index contributed by atoms with van der Waals surface area (Å²) in [6, 6.07) is 8.39. The zero-order chi connectivity index (χ0) is 14.0. The Balaban J connectivity index is 2.53. The van der Waals surface area contributed by atoms with Crippen LogP contribution in [0.5, 0.6) is 0 Å². The molecule has 0 saturated heterocycles. The molecule has 0 bridgehead atoms. The van der Waals surface area contributed by atoms with Crippen LogP contribution in [-0.4, -0.2) is 11.1 Å². The first-order valence-electron chi connectivity index (χ1n) is 5.65. The van der Waals surface area contributed by atoms with Gasteiger partial charge in [0.1, 0.15) is 5.76 Å². The first-order valence-corrected chi connectivity index (χ1v) is 6.41. The molecular weight excluding hydrogens is 287 g/mol. The molecule has 19 heavy (non-hydrogen) atoms. The Morgan fingerprint density at radius 3 is 2.37 bits per heavy atom. The maximum Gasteiger partial charge on any atom is 0.314 e. The molecule has 5 heteroatoms. The summed E-state index contributed by atoms with van der Waals surface area (Å²) in [4.78, 5) is 11.7. The zero-order valence-corrected chi connectivity index (χ0v) is 11.7. The third kappa shape index (κ3) is 2.62. The highest BCUT2D eigenvalue weighted by Gasteiger charge is 2.39. The Hall–Kier alpha value is -1.45. The van der Waals surface area contributed by atoms with Crippen molar-refractivity contribution in [1.82, 2.24) is 0 Å². The van der Waals surface area contributed by atoms with E-state index in [0.29, 0.717) is 21.4 Å². The first-order chi connectivity index (χ1) is 8.95. The molecule has 1 aromatic heterocycles. The lowest BCUT2D eigenvalue weighted by atomic mass is 9.78. The van der Waals surface area contributed by atoms with Crippen LogP contribution in [0.1, 0.15) is 18.2 Å². The Labute approximate surface area is 120 Å². The van der Waals surface area contributed by atoms with E-state index < -0.39 is 11.4 Å². The topological polar surface area (TPSA) is 50.4 Å². The highest BCUT2D eigenvalue weighted by molar-refractivity contribution is 6.36. The molecule has 1 atom stereocenters. The number of rotatable bonds is 4. The number of halogens is 2. The van der Waals surface area contributed by atoms with E-state index in [0.717, 1.165) is 0 Å². The Morgan fingerprint density at radius 2 is 1.89 bits per heavy atom. The first kappa shape index (κ1) is 14.0. The number of hydrogen-bond donors (Lipinski definition) is 1. The van der Waals surface area contributed by atoms with Crippen molar-refractivity contribution in [2.75, 3.05) is 0 Å². The zero-order valence-electron chi connectivity index (χ0n) is 10.2. The summed E-state index contributed by atoms with van der Waals surface area (Å²) in [5.41, 5.74) is -0.838. The van der Waals surface area contributed by atoms with Gasteiger partial charge in [-0.15, -0.1) is 0 Å². The normalized spacial score (nSPS) is 14.1. The summed E-state index contributed by atoms with van der Waals surface area (Å²) in [5.74, 6) is -0.431. The van der Waals surface area contributed by atoms with Crippen LogP contribution in [0.15, 0.2) is 41.0 Å². The lowest BCUT2D eigenvalue weighted by Gasteiger charge is -2.26. The average Bonchev–Trinajstić information content (AvgIpc) is 2.81. The van der Waals surface area contributed by atoms with Gasteiger partial charge in [-0.3, -0.25) is 4.79 Å². The summed E-state index contributed by atoms with van der Waals surface area (Å²) in [6.07, 6.45) is 1.69. The Morgan fingerprint density at radius 1 is 1.26 bits per heavy atom. The molecule has 0 aliphatic rings. The minimum absolute atomic E-state index is 0.179. The second-order valence-corrected chi connectivity index (χ2v) is 5.30. The molecule has 0 amide bonds. The third-order valence-electron chi connectivity index (χ3n) is 3.09. The van der Waals surface area contributed by atoms with Crippen LogP contribution < -0.4 is 0 Å². The lowest BCUT2D eigenvalue weighted by Crippen LogP contribution is -2.35. The average molecular weight is 299 g/mol. The summed E-state index contributed by atoms with van der Waals surface area (Å²) in [6.45, 7) is 1.59. The van der Waals surface area contributed by atoms with Crippen molar-refractivity contribution in [3.05, 3.63) is 58.0 Å². The van der Waals surface area contributed by atoms with Gasteiger partial charge in [0, 0.05) is 22.0 Å². The molecule has 3 nitrogen and oxygen atoms in total. The van der Waals surface area contributed by atoms with Crippen LogP contribution in [-0.2, 0) is 16.6 Å². The Kier molecular flexibility index (Phi) is 3.88. The minimum atomic E-state index is -1.24. The van der Waals surface area contributed by atoms with E-state index >= 15 is 0 Å². The largest absolute Gasteiger partial charge is 0.481 e. The van der Waals surface area contributed by atoms with E-state index in [4.69, 9.17) is 27.6 Å². The van der Waals surface area contributed by atoms with Gasteiger partial charge >= 0.3 is 5.97 Å². The summed E-state index contributed by atoms with van der Waals surface area (Å²) >= 11 is 12.2. The molecule has 100 valence electrons. The van der Waals surface area contributed by atoms with Gasteiger partial charge in [0.15, 0.2) is 0 Å². The van der Waals surface area contributed by atoms with E-state index in [1.165, 1.54) is 6.26 Å². The van der Waals surface area contributed by atoms with Crippen molar-refractivity contribution < 1.29 is 14.3 Å². The van der Waals surface area contributed by atoms with Gasteiger partial charge < -0.3 is 9.52 Å². The van der Waals surface area contributed by atoms with Crippen LogP contribution in [0.4, 0.5) is 0 Å². The monoisotopic (exact) mass is 298 g/mol. The van der Waals surface area contributed by atoms with Crippen molar-refractivity contribution >= 4 is 29.2 Å². The molecule has 2 aromatic rings. The van der Waals surface area contributed by atoms with Gasteiger partial charge in [0.05, 0.1) is 11.7 Å². The van der Waals surface area contributed by atoms with Crippen LogP contribution in [0.25, 0.3) is 0 Å². The highest BCUT2D eigenvalue weighted by atomic mass is 35.5. The van der Waals surface area contributed by atoms with E-state index in [-0.39, 0.29) is 6.42 Å². The van der Waals surface area contributed by atoms with Crippen molar-refractivity contribution in [3.8, 4) is 0 Å². The maximum absolute atomic E-state index is 11.7. The molecule has 1 N–H and O–H groups in total. The number of carbonyl (C=O) groups is 1. The molecule has 0 radical (unpaired) electrons. The van der Waals surface area contributed by atoms with E-state index in [9.17, 15) is 9.90 Å². The van der Waals surface area contributed by atoms with Crippen LogP contribution in [0.2, 0.25) is 10.0 Å². The van der Waals surface area contributed by atoms with Gasteiger partial charge in [0.2, 0.25) is 0 Å². The SMILES string of the molecule is CC(Cc1ccco1)(C(=O)O)c1c(Cl)cccc1Cl. The number of hydrogen-bond acceptors (Lipinski definition) is 2. The number of carboxylic acids is 1. The fraction of sp³-hybridized carbons (Fsp3) is 0.214. The fourth-order valence-corrected chi connectivity index (χ4v) is 2.87. The molecule has 0 aliphatic carbocycles. The van der Waals surface area contributed by atoms with Crippen LogP contribution >= 0.6 is 23.2 Å². The quantitative estimate of drug-likeness (QED) is 0.921. The molecule has 0 spiro atoms. The second kappa shape index (κ2) is 5.27.